The Kier molecular flexibility index (Phi) is 6.02. The summed E-state index contributed by atoms with van der Waals surface area (Å²) in [5.41, 5.74) is 3.34. The van der Waals surface area contributed by atoms with E-state index in [4.69, 9.17) is 5.26 Å². The van der Waals surface area contributed by atoms with Gasteiger partial charge in [0.1, 0.15) is 5.82 Å². The van der Waals surface area contributed by atoms with E-state index in [0.717, 1.165) is 38.4 Å². The number of nitrogens with one attached hydrogen (secondary N) is 1. The highest BCUT2D eigenvalue weighted by molar-refractivity contribution is 5.94. The first kappa shape index (κ1) is 19.6. The number of benzene rings is 2. The number of carbonyl (C=O) groups is 1. The molecule has 0 bridgehead atoms. The lowest BCUT2D eigenvalue weighted by atomic mass is 10.2. The van der Waals surface area contributed by atoms with Gasteiger partial charge in [0.25, 0.3) is 5.91 Å². The normalized spacial score (nSPS) is 14.2. The molecular weight excluding hydrogens is 374 g/mol. The third-order valence-corrected chi connectivity index (χ3v) is 5.21. The number of hydrogen-bond acceptors (Lipinski definition) is 5. The summed E-state index contributed by atoms with van der Waals surface area (Å²) in [4.78, 5) is 21.5. The number of pyridine rings is 1. The highest BCUT2D eigenvalue weighted by Gasteiger charge is 2.22. The Balaban J connectivity index is 1.31. The number of aromatic nitrogens is 1. The molecule has 6 nitrogen and oxygen atoms in total. The molecule has 3 aromatic rings. The van der Waals surface area contributed by atoms with Gasteiger partial charge in [0.2, 0.25) is 0 Å². The molecule has 0 unspecified atom stereocenters. The molecule has 1 saturated heterocycles. The second-order valence-corrected chi connectivity index (χ2v) is 7.30. The number of hydrogen-bond donors (Lipinski definition) is 1. The smallest absolute Gasteiger partial charge is 0.255 e. The monoisotopic (exact) mass is 397 g/mol. The summed E-state index contributed by atoms with van der Waals surface area (Å²) in [6.07, 6.45) is 1.62. The molecule has 30 heavy (non-hydrogen) atoms. The van der Waals surface area contributed by atoms with Crippen LogP contribution in [0.25, 0.3) is 0 Å². The quantitative estimate of drug-likeness (QED) is 0.711. The van der Waals surface area contributed by atoms with Gasteiger partial charge in [-0.3, -0.25) is 9.69 Å². The van der Waals surface area contributed by atoms with Crippen LogP contribution >= 0.6 is 0 Å². The van der Waals surface area contributed by atoms with Crippen LogP contribution in [0.15, 0.2) is 72.9 Å². The van der Waals surface area contributed by atoms with Crippen LogP contribution in [-0.4, -0.2) is 46.9 Å². The maximum atomic E-state index is 12.8. The third kappa shape index (κ3) is 4.83. The van der Waals surface area contributed by atoms with E-state index in [9.17, 15) is 4.79 Å². The molecule has 0 aliphatic carbocycles. The van der Waals surface area contributed by atoms with Gasteiger partial charge >= 0.3 is 0 Å². The Morgan fingerprint density at radius 3 is 2.33 bits per heavy atom. The second-order valence-electron chi connectivity index (χ2n) is 7.30. The SMILES string of the molecule is N#Cc1ccc(Nc2ccc(C(=O)N3CCN(Cc4ccccc4)CC3)cn2)cc1. The lowest BCUT2D eigenvalue weighted by Crippen LogP contribution is -2.48. The molecule has 0 atom stereocenters. The maximum absolute atomic E-state index is 12.8. The van der Waals surface area contributed by atoms with Gasteiger partial charge in [0.05, 0.1) is 17.2 Å². The first-order valence-electron chi connectivity index (χ1n) is 10.00. The molecular formula is C24H23N5O. The number of amides is 1. The fourth-order valence-electron chi connectivity index (χ4n) is 3.50. The topological polar surface area (TPSA) is 72.3 Å². The van der Waals surface area contributed by atoms with Crippen molar-refractivity contribution in [3.05, 3.63) is 89.6 Å². The highest BCUT2D eigenvalue weighted by Crippen LogP contribution is 2.17. The average Bonchev–Trinajstić information content (AvgIpc) is 2.81. The maximum Gasteiger partial charge on any atom is 0.255 e. The van der Waals surface area contributed by atoms with Gasteiger partial charge in [0.15, 0.2) is 0 Å². The molecule has 4 rings (SSSR count). The van der Waals surface area contributed by atoms with Crippen molar-refractivity contribution in [2.45, 2.75) is 6.54 Å². The van der Waals surface area contributed by atoms with Gasteiger partial charge in [-0.15, -0.1) is 0 Å². The molecule has 2 heterocycles. The zero-order chi connectivity index (χ0) is 20.8. The number of anilines is 2. The Morgan fingerprint density at radius 2 is 1.70 bits per heavy atom. The highest BCUT2D eigenvalue weighted by atomic mass is 16.2. The molecule has 1 aliphatic rings. The molecule has 1 amide bonds. The van der Waals surface area contributed by atoms with Crippen molar-refractivity contribution >= 4 is 17.4 Å². The van der Waals surface area contributed by atoms with Crippen molar-refractivity contribution in [2.24, 2.45) is 0 Å². The summed E-state index contributed by atoms with van der Waals surface area (Å²) in [5.74, 6) is 0.677. The Labute approximate surface area is 176 Å². The van der Waals surface area contributed by atoms with Crippen LogP contribution in [0.5, 0.6) is 0 Å². The van der Waals surface area contributed by atoms with E-state index in [1.807, 2.05) is 23.1 Å². The molecule has 0 radical (unpaired) electrons. The summed E-state index contributed by atoms with van der Waals surface area (Å²) >= 11 is 0. The van der Waals surface area contributed by atoms with E-state index in [1.165, 1.54) is 5.56 Å². The van der Waals surface area contributed by atoms with Crippen LogP contribution in [0.4, 0.5) is 11.5 Å². The molecule has 1 aliphatic heterocycles. The summed E-state index contributed by atoms with van der Waals surface area (Å²) in [5, 5.41) is 12.0. The van der Waals surface area contributed by atoms with Crippen LogP contribution in [0.3, 0.4) is 0 Å². The van der Waals surface area contributed by atoms with Crippen LogP contribution in [0.1, 0.15) is 21.5 Å². The van der Waals surface area contributed by atoms with Crippen molar-refractivity contribution in [3.63, 3.8) is 0 Å². The summed E-state index contributed by atoms with van der Waals surface area (Å²) in [7, 11) is 0. The fourth-order valence-corrected chi connectivity index (χ4v) is 3.50. The molecule has 6 heteroatoms. The minimum Gasteiger partial charge on any atom is -0.340 e. The van der Waals surface area contributed by atoms with Gasteiger partial charge in [-0.05, 0) is 42.0 Å². The van der Waals surface area contributed by atoms with Crippen molar-refractivity contribution in [2.75, 3.05) is 31.5 Å². The molecule has 150 valence electrons. The number of nitrogens with zero attached hydrogens (tertiary/aromatic N) is 4. The molecule has 1 fully saturated rings. The van der Waals surface area contributed by atoms with Gasteiger partial charge in [-0.25, -0.2) is 4.98 Å². The van der Waals surface area contributed by atoms with Crippen molar-refractivity contribution in [1.29, 1.82) is 5.26 Å². The zero-order valence-electron chi connectivity index (χ0n) is 16.7. The summed E-state index contributed by atoms with van der Waals surface area (Å²) < 4.78 is 0. The van der Waals surface area contributed by atoms with Crippen LogP contribution in [0, 0.1) is 11.3 Å². The van der Waals surface area contributed by atoms with E-state index in [-0.39, 0.29) is 5.91 Å². The van der Waals surface area contributed by atoms with Crippen molar-refractivity contribution < 1.29 is 4.79 Å². The van der Waals surface area contributed by atoms with Crippen LogP contribution < -0.4 is 5.32 Å². The summed E-state index contributed by atoms with van der Waals surface area (Å²) in [6, 6.07) is 23.3. The number of rotatable bonds is 5. The van der Waals surface area contributed by atoms with Crippen LogP contribution in [0.2, 0.25) is 0 Å². The number of carbonyl (C=O) groups excluding carboxylic acids is 1. The predicted molar refractivity (Wildman–Crippen MR) is 116 cm³/mol. The lowest BCUT2D eigenvalue weighted by Gasteiger charge is -2.34. The number of nitriles is 1. The third-order valence-electron chi connectivity index (χ3n) is 5.21. The van der Waals surface area contributed by atoms with E-state index in [2.05, 4.69) is 45.5 Å². The van der Waals surface area contributed by atoms with Gasteiger partial charge in [-0.2, -0.15) is 5.26 Å². The first-order chi connectivity index (χ1) is 14.7. The van der Waals surface area contributed by atoms with E-state index < -0.39 is 0 Å². The largest absolute Gasteiger partial charge is 0.340 e. The van der Waals surface area contributed by atoms with Crippen molar-refractivity contribution in [3.8, 4) is 6.07 Å². The van der Waals surface area contributed by atoms with Gasteiger partial charge in [0, 0.05) is 44.6 Å². The average molecular weight is 397 g/mol. The second kappa shape index (κ2) is 9.21. The Bertz CT molecular complexity index is 1020. The van der Waals surface area contributed by atoms with E-state index in [1.54, 1.807) is 30.5 Å². The van der Waals surface area contributed by atoms with Gasteiger partial charge < -0.3 is 10.2 Å². The fraction of sp³-hybridized carbons (Fsp3) is 0.208. The zero-order valence-corrected chi connectivity index (χ0v) is 16.7. The molecule has 1 N–H and O–H groups in total. The Hall–Kier alpha value is -3.69. The molecule has 0 spiro atoms. The van der Waals surface area contributed by atoms with Gasteiger partial charge in [-0.1, -0.05) is 30.3 Å². The Morgan fingerprint density at radius 1 is 0.967 bits per heavy atom. The van der Waals surface area contributed by atoms with Crippen LogP contribution in [-0.2, 0) is 6.54 Å². The molecule has 0 saturated carbocycles. The lowest BCUT2D eigenvalue weighted by molar-refractivity contribution is 0.0628. The predicted octanol–water partition coefficient (Wildman–Crippen LogP) is 3.65. The first-order valence-corrected chi connectivity index (χ1v) is 10.00. The van der Waals surface area contributed by atoms with E-state index in [0.29, 0.717) is 16.9 Å². The van der Waals surface area contributed by atoms with Crippen molar-refractivity contribution in [1.82, 2.24) is 14.8 Å². The van der Waals surface area contributed by atoms with E-state index >= 15 is 0 Å². The number of piperazine rings is 1. The summed E-state index contributed by atoms with van der Waals surface area (Å²) in [6.45, 7) is 4.09. The standard InChI is InChI=1S/C24H23N5O/c25-16-19-6-9-22(10-7-19)27-23-11-8-21(17-26-23)24(30)29-14-12-28(13-15-29)18-20-4-2-1-3-5-20/h1-11,17H,12-15,18H2,(H,26,27). The minimum absolute atomic E-state index is 0.0202. The molecule has 2 aromatic carbocycles. The molecule has 1 aromatic heterocycles. The minimum atomic E-state index is 0.0202.